The van der Waals surface area contributed by atoms with E-state index in [1.165, 1.54) is 26.2 Å². The second kappa shape index (κ2) is 7.58. The highest BCUT2D eigenvalue weighted by Crippen LogP contribution is 2.37. The van der Waals surface area contributed by atoms with Crippen LogP contribution in [0.2, 0.25) is 5.02 Å². The van der Waals surface area contributed by atoms with Crippen molar-refractivity contribution < 1.29 is 14.7 Å². The van der Waals surface area contributed by atoms with Gasteiger partial charge in [-0.2, -0.15) is 0 Å². The van der Waals surface area contributed by atoms with Gasteiger partial charge in [-0.3, -0.25) is 9.59 Å². The molecular weight excluding hydrogens is 340 g/mol. The minimum absolute atomic E-state index is 0.172. The number of likely N-dealkylation sites (tertiary alicyclic amines) is 1. The van der Waals surface area contributed by atoms with Crippen LogP contribution in [0.3, 0.4) is 0 Å². The van der Waals surface area contributed by atoms with E-state index in [0.29, 0.717) is 11.6 Å². The number of amides is 1. The predicted molar refractivity (Wildman–Crippen MR) is 96.5 cm³/mol. The first-order chi connectivity index (χ1) is 12.0. The second-order valence-electron chi connectivity index (χ2n) is 6.67. The summed E-state index contributed by atoms with van der Waals surface area (Å²) in [7, 11) is 0. The molecule has 1 fully saturated rings. The Morgan fingerprint density at radius 1 is 1.16 bits per heavy atom. The van der Waals surface area contributed by atoms with Crippen molar-refractivity contribution in [3.05, 3.63) is 46.2 Å². The molecule has 3 rings (SSSR count). The van der Waals surface area contributed by atoms with Crippen molar-refractivity contribution >= 4 is 23.3 Å². The molecule has 0 aliphatic carbocycles. The summed E-state index contributed by atoms with van der Waals surface area (Å²) in [6.45, 7) is 4.68. The largest absolute Gasteiger partial charge is 0.503 e. The van der Waals surface area contributed by atoms with Gasteiger partial charge < -0.3 is 14.9 Å². The van der Waals surface area contributed by atoms with Crippen LogP contribution in [0.4, 0.5) is 0 Å². The van der Waals surface area contributed by atoms with E-state index in [1.54, 1.807) is 29.2 Å². The molecule has 0 radical (unpaired) electrons. The number of piperidine rings is 1. The molecule has 1 saturated heterocycles. The first-order valence-corrected chi connectivity index (χ1v) is 9.09. The number of ketones is 1. The summed E-state index contributed by atoms with van der Waals surface area (Å²) in [5, 5.41) is 10.8. The van der Waals surface area contributed by atoms with Crippen molar-refractivity contribution in [3.63, 3.8) is 0 Å². The Balaban J connectivity index is 1.85. The molecule has 0 saturated carbocycles. The van der Waals surface area contributed by atoms with E-state index < -0.39 is 17.7 Å². The maximum absolute atomic E-state index is 12.6. The lowest BCUT2D eigenvalue weighted by Crippen LogP contribution is -2.40. The van der Waals surface area contributed by atoms with Gasteiger partial charge in [-0.25, -0.2) is 0 Å². The number of carbonyl (C=O) groups is 2. The molecule has 0 bridgehead atoms. The minimum atomic E-state index is -0.549. The molecule has 1 N–H and O–H groups in total. The Morgan fingerprint density at radius 3 is 2.40 bits per heavy atom. The molecular formula is C19H23ClN2O3. The zero-order chi connectivity index (χ0) is 18.0. The minimum Gasteiger partial charge on any atom is -0.503 e. The number of rotatable bonds is 5. The smallest absolute Gasteiger partial charge is 0.290 e. The topological polar surface area (TPSA) is 60.9 Å². The summed E-state index contributed by atoms with van der Waals surface area (Å²) in [5.74, 6) is -1.18. The van der Waals surface area contributed by atoms with E-state index in [2.05, 4.69) is 4.90 Å². The van der Waals surface area contributed by atoms with Gasteiger partial charge in [0.2, 0.25) is 0 Å². The zero-order valence-corrected chi connectivity index (χ0v) is 15.1. The van der Waals surface area contributed by atoms with Crippen LogP contribution in [0.1, 0.15) is 37.8 Å². The van der Waals surface area contributed by atoms with Gasteiger partial charge in [0.15, 0.2) is 11.5 Å². The van der Waals surface area contributed by atoms with Crippen molar-refractivity contribution in [1.82, 2.24) is 9.80 Å². The van der Waals surface area contributed by atoms with E-state index in [-0.39, 0.29) is 11.4 Å². The number of hydrogen-bond acceptors (Lipinski definition) is 4. The molecule has 5 nitrogen and oxygen atoms in total. The molecule has 2 aliphatic rings. The van der Waals surface area contributed by atoms with Gasteiger partial charge in [-0.05, 0) is 50.6 Å². The third-order valence-corrected chi connectivity index (χ3v) is 5.23. The van der Waals surface area contributed by atoms with Gasteiger partial charge in [0.25, 0.3) is 5.91 Å². The highest BCUT2D eigenvalue weighted by Gasteiger charge is 2.42. The SMILES string of the molecule is CC(=O)C1=C(O)C(=O)N(CCN2CCCCC2)C1c1ccc(Cl)cc1. The Hall–Kier alpha value is -1.85. The average molecular weight is 363 g/mol. The quantitative estimate of drug-likeness (QED) is 0.874. The standard InChI is InChI=1S/C19H23ClN2O3/c1-13(23)16-17(14-5-7-15(20)8-6-14)22(19(25)18(16)24)12-11-21-9-3-2-4-10-21/h5-8,17,24H,2-4,9-12H2,1H3. The van der Waals surface area contributed by atoms with Gasteiger partial charge in [-0.15, -0.1) is 0 Å². The lowest BCUT2D eigenvalue weighted by atomic mass is 9.97. The molecule has 2 aliphatic heterocycles. The van der Waals surface area contributed by atoms with Crippen molar-refractivity contribution in [1.29, 1.82) is 0 Å². The molecule has 6 heteroatoms. The van der Waals surface area contributed by atoms with Crippen LogP contribution < -0.4 is 0 Å². The fourth-order valence-corrected chi connectivity index (χ4v) is 3.79. The Kier molecular flexibility index (Phi) is 5.45. The summed E-state index contributed by atoms with van der Waals surface area (Å²) < 4.78 is 0. The van der Waals surface area contributed by atoms with Crippen LogP contribution in [0.25, 0.3) is 0 Å². The van der Waals surface area contributed by atoms with Gasteiger partial charge in [0, 0.05) is 18.1 Å². The zero-order valence-electron chi connectivity index (χ0n) is 14.4. The van der Waals surface area contributed by atoms with Gasteiger partial charge in [-0.1, -0.05) is 30.2 Å². The number of Topliss-reactive ketones (excluding diaryl/α,β-unsaturated/α-hetero) is 1. The molecule has 25 heavy (non-hydrogen) atoms. The van der Waals surface area contributed by atoms with E-state index in [4.69, 9.17) is 11.6 Å². The van der Waals surface area contributed by atoms with Gasteiger partial charge in [0.05, 0.1) is 11.6 Å². The predicted octanol–water partition coefficient (Wildman–Crippen LogP) is 3.11. The van der Waals surface area contributed by atoms with Crippen LogP contribution >= 0.6 is 11.6 Å². The number of aliphatic hydroxyl groups is 1. The Morgan fingerprint density at radius 2 is 1.80 bits per heavy atom. The summed E-state index contributed by atoms with van der Waals surface area (Å²) in [6, 6.07) is 6.52. The summed E-state index contributed by atoms with van der Waals surface area (Å²) in [4.78, 5) is 28.6. The van der Waals surface area contributed by atoms with Crippen LogP contribution in [0.5, 0.6) is 0 Å². The number of carbonyl (C=O) groups excluding carboxylic acids is 2. The van der Waals surface area contributed by atoms with E-state index in [9.17, 15) is 14.7 Å². The first kappa shape index (κ1) is 18.0. The van der Waals surface area contributed by atoms with Crippen LogP contribution in [-0.2, 0) is 9.59 Å². The van der Waals surface area contributed by atoms with Crippen molar-refractivity contribution in [2.75, 3.05) is 26.2 Å². The Bertz CT molecular complexity index is 693. The number of benzene rings is 1. The van der Waals surface area contributed by atoms with E-state index in [1.807, 2.05) is 0 Å². The fraction of sp³-hybridized carbons (Fsp3) is 0.474. The lowest BCUT2D eigenvalue weighted by molar-refractivity contribution is -0.129. The Labute approximate surface area is 152 Å². The summed E-state index contributed by atoms with van der Waals surface area (Å²) in [5.41, 5.74) is 0.955. The average Bonchev–Trinajstić information content (AvgIpc) is 2.86. The third-order valence-electron chi connectivity index (χ3n) is 4.97. The maximum atomic E-state index is 12.6. The molecule has 1 aromatic carbocycles. The van der Waals surface area contributed by atoms with Crippen LogP contribution in [-0.4, -0.2) is 52.8 Å². The molecule has 134 valence electrons. The number of halogens is 1. The van der Waals surface area contributed by atoms with Gasteiger partial charge in [0.1, 0.15) is 0 Å². The molecule has 0 spiro atoms. The first-order valence-electron chi connectivity index (χ1n) is 8.72. The van der Waals surface area contributed by atoms with Crippen LogP contribution in [0, 0.1) is 0 Å². The molecule has 1 amide bonds. The third kappa shape index (κ3) is 3.72. The molecule has 1 aromatic rings. The second-order valence-corrected chi connectivity index (χ2v) is 7.11. The van der Waals surface area contributed by atoms with E-state index in [0.717, 1.165) is 25.2 Å². The number of hydrogen-bond donors (Lipinski definition) is 1. The molecule has 2 heterocycles. The molecule has 0 aromatic heterocycles. The van der Waals surface area contributed by atoms with Crippen LogP contribution in [0.15, 0.2) is 35.6 Å². The molecule has 1 atom stereocenters. The normalized spacial score (nSPS) is 21.9. The fourth-order valence-electron chi connectivity index (χ4n) is 3.67. The van der Waals surface area contributed by atoms with Crippen molar-refractivity contribution in [3.8, 4) is 0 Å². The summed E-state index contributed by atoms with van der Waals surface area (Å²) >= 11 is 5.96. The monoisotopic (exact) mass is 362 g/mol. The number of nitrogens with zero attached hydrogens (tertiary/aromatic N) is 2. The number of aliphatic hydroxyl groups excluding tert-OH is 1. The molecule has 1 unspecified atom stereocenters. The van der Waals surface area contributed by atoms with E-state index >= 15 is 0 Å². The highest BCUT2D eigenvalue weighted by atomic mass is 35.5. The van der Waals surface area contributed by atoms with Crippen molar-refractivity contribution in [2.45, 2.75) is 32.2 Å². The lowest BCUT2D eigenvalue weighted by Gasteiger charge is -2.31. The highest BCUT2D eigenvalue weighted by molar-refractivity contribution is 6.30. The summed E-state index contributed by atoms with van der Waals surface area (Å²) in [6.07, 6.45) is 3.61. The maximum Gasteiger partial charge on any atom is 0.290 e. The van der Waals surface area contributed by atoms with Crippen molar-refractivity contribution in [2.24, 2.45) is 0 Å². The van der Waals surface area contributed by atoms with Gasteiger partial charge >= 0.3 is 0 Å².